The molecule has 2 rings (SSSR count). The molecule has 1 aliphatic heterocycles. The van der Waals surface area contributed by atoms with E-state index in [2.05, 4.69) is 5.32 Å². The molecule has 0 bridgehead atoms. The van der Waals surface area contributed by atoms with Crippen molar-refractivity contribution < 1.29 is 47.8 Å². The summed E-state index contributed by atoms with van der Waals surface area (Å²) in [4.78, 5) is 57.5. The summed E-state index contributed by atoms with van der Waals surface area (Å²) < 4.78 is 27.1. The minimum Gasteiger partial charge on any atom is -0.463 e. The van der Waals surface area contributed by atoms with Crippen LogP contribution in [0, 0.1) is 10.1 Å². The quantitative estimate of drug-likeness (QED) is 0.246. The fourth-order valence-electron chi connectivity index (χ4n) is 3.22. The first-order valence-electron chi connectivity index (χ1n) is 9.80. The predicted octanol–water partition coefficient (Wildman–Crippen LogP) is 0.630. The van der Waals surface area contributed by atoms with Gasteiger partial charge in [-0.05, 0) is 6.07 Å². The van der Waals surface area contributed by atoms with E-state index >= 15 is 0 Å². The van der Waals surface area contributed by atoms with Crippen LogP contribution < -0.4 is 10.1 Å². The first-order valence-corrected chi connectivity index (χ1v) is 9.80. The van der Waals surface area contributed by atoms with Gasteiger partial charge in [0.1, 0.15) is 18.8 Å². The van der Waals surface area contributed by atoms with Crippen molar-refractivity contribution in [3.05, 3.63) is 34.4 Å². The number of nitro benzene ring substituents is 1. The Morgan fingerprint density at radius 3 is 2.15 bits per heavy atom. The van der Waals surface area contributed by atoms with E-state index in [1.165, 1.54) is 31.2 Å². The maximum Gasteiger partial charge on any atom is 0.311 e. The maximum atomic E-state index is 11.9. The topological polar surface area (TPSA) is 170 Å². The van der Waals surface area contributed by atoms with Crippen LogP contribution in [0.2, 0.25) is 0 Å². The SMILES string of the molecule is CC(=O)N[C@H]1[C@H](Oc2ccccc2[N+](=O)[O-])O[C@H](COC(C)=O)[C@@H](OC(C)=O)[C@@H]1OC(C)=O. The lowest BCUT2D eigenvalue weighted by Crippen LogP contribution is -2.67. The van der Waals surface area contributed by atoms with E-state index in [1.54, 1.807) is 0 Å². The zero-order valence-corrected chi connectivity index (χ0v) is 18.3. The molecule has 13 heteroatoms. The first-order chi connectivity index (χ1) is 15.5. The molecule has 1 amide bonds. The van der Waals surface area contributed by atoms with Crippen LogP contribution in [0.5, 0.6) is 5.75 Å². The molecule has 5 atom stereocenters. The third kappa shape index (κ3) is 7.14. The Bertz CT molecular complexity index is 919. The molecule has 13 nitrogen and oxygen atoms in total. The highest BCUT2D eigenvalue weighted by molar-refractivity contribution is 5.73. The second kappa shape index (κ2) is 11.2. The Morgan fingerprint density at radius 1 is 1.00 bits per heavy atom. The average molecular weight is 468 g/mol. The highest BCUT2D eigenvalue weighted by atomic mass is 16.7. The lowest BCUT2D eigenvalue weighted by atomic mass is 9.96. The number of para-hydroxylation sites is 2. The number of amides is 1. The first kappa shape index (κ1) is 25.5. The summed E-state index contributed by atoms with van der Waals surface area (Å²) in [5.41, 5.74) is -0.384. The van der Waals surface area contributed by atoms with Gasteiger partial charge in [0, 0.05) is 33.8 Å². The molecule has 1 fully saturated rings. The van der Waals surface area contributed by atoms with Gasteiger partial charge >= 0.3 is 23.6 Å². The molecule has 1 aromatic carbocycles. The van der Waals surface area contributed by atoms with Crippen LogP contribution in [0.3, 0.4) is 0 Å². The minimum absolute atomic E-state index is 0.193. The number of benzene rings is 1. The molecule has 1 aliphatic rings. The molecule has 0 spiro atoms. The number of nitrogens with one attached hydrogen (secondary N) is 1. The van der Waals surface area contributed by atoms with Crippen molar-refractivity contribution >= 4 is 29.5 Å². The summed E-state index contributed by atoms with van der Waals surface area (Å²) in [5, 5.41) is 13.9. The van der Waals surface area contributed by atoms with Gasteiger partial charge in [0.25, 0.3) is 0 Å². The van der Waals surface area contributed by atoms with E-state index in [9.17, 15) is 29.3 Å². The van der Waals surface area contributed by atoms with Gasteiger partial charge in [0.2, 0.25) is 12.2 Å². The monoisotopic (exact) mass is 468 g/mol. The van der Waals surface area contributed by atoms with Crippen molar-refractivity contribution in [2.24, 2.45) is 0 Å². The van der Waals surface area contributed by atoms with Crippen molar-refractivity contribution in [3.63, 3.8) is 0 Å². The lowest BCUT2D eigenvalue weighted by Gasteiger charge is -2.44. The van der Waals surface area contributed by atoms with Gasteiger partial charge < -0.3 is 29.0 Å². The third-order valence-electron chi connectivity index (χ3n) is 4.38. The number of carbonyl (C=O) groups excluding carboxylic acids is 4. The molecule has 1 N–H and O–H groups in total. The third-order valence-corrected chi connectivity index (χ3v) is 4.38. The number of nitro groups is 1. The van der Waals surface area contributed by atoms with Crippen LogP contribution in [-0.4, -0.2) is 66.0 Å². The summed E-state index contributed by atoms with van der Waals surface area (Å²) in [6.45, 7) is 4.11. The zero-order chi connectivity index (χ0) is 24.7. The summed E-state index contributed by atoms with van der Waals surface area (Å²) in [5.74, 6) is -2.96. The van der Waals surface area contributed by atoms with Gasteiger partial charge in [-0.1, -0.05) is 12.1 Å². The summed E-state index contributed by atoms with van der Waals surface area (Å²) in [6.07, 6.45) is -5.28. The van der Waals surface area contributed by atoms with E-state index in [1.807, 2.05) is 0 Å². The highest BCUT2D eigenvalue weighted by Gasteiger charge is 2.52. The second-order valence-electron chi connectivity index (χ2n) is 7.06. The van der Waals surface area contributed by atoms with Crippen molar-refractivity contribution in [2.75, 3.05) is 6.61 Å². The Kier molecular flexibility index (Phi) is 8.68. The Labute approximate surface area is 188 Å². The van der Waals surface area contributed by atoms with Crippen molar-refractivity contribution in [3.8, 4) is 5.75 Å². The van der Waals surface area contributed by atoms with E-state index in [0.29, 0.717) is 0 Å². The van der Waals surface area contributed by atoms with Gasteiger partial charge in [0.15, 0.2) is 18.0 Å². The van der Waals surface area contributed by atoms with Crippen LogP contribution in [0.25, 0.3) is 0 Å². The highest BCUT2D eigenvalue weighted by Crippen LogP contribution is 2.32. The normalized spacial score (nSPS) is 24.2. The molecule has 0 unspecified atom stereocenters. The van der Waals surface area contributed by atoms with E-state index in [-0.39, 0.29) is 11.4 Å². The van der Waals surface area contributed by atoms with Crippen molar-refractivity contribution in [1.29, 1.82) is 0 Å². The number of esters is 3. The van der Waals surface area contributed by atoms with Crippen LogP contribution in [0.1, 0.15) is 27.7 Å². The van der Waals surface area contributed by atoms with Gasteiger partial charge in [-0.2, -0.15) is 0 Å². The number of nitrogens with zero attached hydrogens (tertiary/aromatic N) is 1. The molecule has 33 heavy (non-hydrogen) atoms. The second-order valence-corrected chi connectivity index (χ2v) is 7.06. The molecule has 1 saturated heterocycles. The molecule has 0 radical (unpaired) electrons. The smallest absolute Gasteiger partial charge is 0.311 e. The van der Waals surface area contributed by atoms with Gasteiger partial charge in [-0.15, -0.1) is 0 Å². The predicted molar refractivity (Wildman–Crippen MR) is 108 cm³/mol. The average Bonchev–Trinajstić information content (AvgIpc) is 2.70. The van der Waals surface area contributed by atoms with Crippen LogP contribution in [0.4, 0.5) is 5.69 Å². The molecule has 180 valence electrons. The molecule has 1 heterocycles. The lowest BCUT2D eigenvalue weighted by molar-refractivity contribution is -0.386. The standard InChI is InChI=1S/C20H24N2O11/c1-10(23)21-17-19(31-13(4)26)18(30-12(3)25)16(9-29-11(2)24)33-20(17)32-15-8-6-5-7-14(15)22(27)28/h5-8,16-20H,9H2,1-4H3,(H,21,23)/t16-,17-,18-,19-,20-/m1/s1. The molecule has 0 aliphatic carbocycles. The molecular formula is C20H24N2O11. The van der Waals surface area contributed by atoms with Crippen LogP contribution >= 0.6 is 0 Å². The number of hydrogen-bond donors (Lipinski definition) is 1. The molecular weight excluding hydrogens is 444 g/mol. The minimum atomic E-state index is -1.45. The number of ether oxygens (including phenoxy) is 5. The Balaban J connectivity index is 2.51. The van der Waals surface area contributed by atoms with Crippen molar-refractivity contribution in [2.45, 2.75) is 58.3 Å². The van der Waals surface area contributed by atoms with E-state index in [4.69, 9.17) is 23.7 Å². The molecule has 1 aromatic rings. The number of rotatable bonds is 8. The Morgan fingerprint density at radius 2 is 1.61 bits per heavy atom. The van der Waals surface area contributed by atoms with Gasteiger partial charge in [-0.3, -0.25) is 29.3 Å². The zero-order valence-electron chi connectivity index (χ0n) is 18.3. The fourth-order valence-corrected chi connectivity index (χ4v) is 3.22. The fraction of sp³-hybridized carbons (Fsp3) is 0.500. The molecule has 0 saturated carbocycles. The van der Waals surface area contributed by atoms with Crippen molar-refractivity contribution in [1.82, 2.24) is 5.32 Å². The maximum absolute atomic E-state index is 11.9. The van der Waals surface area contributed by atoms with E-state index in [0.717, 1.165) is 20.8 Å². The summed E-state index contributed by atoms with van der Waals surface area (Å²) in [7, 11) is 0. The number of hydrogen-bond acceptors (Lipinski definition) is 11. The van der Waals surface area contributed by atoms with Gasteiger partial charge in [-0.25, -0.2) is 0 Å². The van der Waals surface area contributed by atoms with Crippen LogP contribution in [-0.2, 0) is 38.1 Å². The summed E-state index contributed by atoms with van der Waals surface area (Å²) in [6, 6.07) is 4.18. The van der Waals surface area contributed by atoms with Crippen LogP contribution in [0.15, 0.2) is 24.3 Å². The Hall–Kier alpha value is -3.74. The summed E-state index contributed by atoms with van der Waals surface area (Å²) >= 11 is 0. The number of carbonyl (C=O) groups is 4. The largest absolute Gasteiger partial charge is 0.463 e. The van der Waals surface area contributed by atoms with E-state index < -0.39 is 66.0 Å². The molecule has 0 aromatic heterocycles. The van der Waals surface area contributed by atoms with Gasteiger partial charge in [0.05, 0.1) is 4.92 Å².